The molecule has 13 heavy (non-hydrogen) atoms. The third kappa shape index (κ3) is 1.21. The summed E-state index contributed by atoms with van der Waals surface area (Å²) in [6, 6.07) is 0. The molecule has 0 aromatic carbocycles. The van der Waals surface area contributed by atoms with Crippen molar-refractivity contribution in [1.29, 1.82) is 0 Å². The number of nitrogens with zero attached hydrogens (tertiary/aromatic N) is 2. The maximum Gasteiger partial charge on any atom is 0.274 e. The van der Waals surface area contributed by atoms with Gasteiger partial charge in [0.25, 0.3) is 5.56 Å². The van der Waals surface area contributed by atoms with E-state index < -0.39 is 6.23 Å². The Morgan fingerprint density at radius 2 is 2.54 bits per heavy atom. The number of nitrogens with one attached hydrogen (secondary N) is 1. The first-order chi connectivity index (χ1) is 6.20. The van der Waals surface area contributed by atoms with E-state index in [2.05, 4.69) is 9.97 Å². The fourth-order valence-electron chi connectivity index (χ4n) is 1.58. The molecule has 0 fully saturated rings. The van der Waals surface area contributed by atoms with Crippen molar-refractivity contribution < 1.29 is 5.11 Å². The van der Waals surface area contributed by atoms with Crippen LogP contribution in [-0.4, -0.2) is 28.4 Å². The highest BCUT2D eigenvalue weighted by Crippen LogP contribution is 2.22. The molecule has 2 N–H and O–H groups in total. The summed E-state index contributed by atoms with van der Waals surface area (Å²) in [6.45, 7) is 0. The van der Waals surface area contributed by atoms with Crippen LogP contribution in [0.5, 0.6) is 0 Å². The first kappa shape index (κ1) is 8.25. The van der Waals surface area contributed by atoms with E-state index in [0.29, 0.717) is 18.5 Å². The number of aryl methyl sites for hydroxylation is 1. The van der Waals surface area contributed by atoms with Gasteiger partial charge in [0, 0.05) is 7.05 Å². The molecule has 0 aliphatic carbocycles. The average Bonchev–Trinajstić information content (AvgIpc) is 2.12. The predicted octanol–water partition coefficient (Wildman–Crippen LogP) is -0.529. The molecule has 0 saturated carbocycles. The first-order valence-corrected chi connectivity index (χ1v) is 4.17. The van der Waals surface area contributed by atoms with Crippen LogP contribution in [0.1, 0.15) is 12.1 Å². The average molecular weight is 181 g/mol. The van der Waals surface area contributed by atoms with E-state index in [1.165, 1.54) is 6.33 Å². The second-order valence-electron chi connectivity index (χ2n) is 3.16. The van der Waals surface area contributed by atoms with Crippen LogP contribution in [0.25, 0.3) is 0 Å². The van der Waals surface area contributed by atoms with Crippen molar-refractivity contribution in [1.82, 2.24) is 9.97 Å². The van der Waals surface area contributed by atoms with Crippen molar-refractivity contribution in [2.45, 2.75) is 19.1 Å². The molecule has 2 rings (SSSR count). The Labute approximate surface area is 75.0 Å². The number of fused-ring (bicyclic) bond motifs is 1. The van der Waals surface area contributed by atoms with Crippen LogP contribution < -0.4 is 10.5 Å². The van der Waals surface area contributed by atoms with Crippen LogP contribution in [0.3, 0.4) is 0 Å². The Morgan fingerprint density at radius 1 is 1.77 bits per heavy atom. The molecule has 1 aromatic heterocycles. The lowest BCUT2D eigenvalue weighted by Crippen LogP contribution is -2.40. The summed E-state index contributed by atoms with van der Waals surface area (Å²) in [5, 5.41) is 9.49. The maximum atomic E-state index is 11.4. The molecular weight excluding hydrogens is 170 g/mol. The van der Waals surface area contributed by atoms with Crippen molar-refractivity contribution in [2.24, 2.45) is 0 Å². The van der Waals surface area contributed by atoms with E-state index in [0.717, 1.165) is 5.69 Å². The van der Waals surface area contributed by atoms with E-state index in [4.69, 9.17) is 0 Å². The second-order valence-corrected chi connectivity index (χ2v) is 3.16. The first-order valence-electron chi connectivity index (χ1n) is 4.17. The Hall–Kier alpha value is -1.36. The minimum absolute atomic E-state index is 0.189. The quantitative estimate of drug-likeness (QED) is 0.564. The fourth-order valence-corrected chi connectivity index (χ4v) is 1.58. The molecule has 5 heteroatoms. The van der Waals surface area contributed by atoms with Crippen molar-refractivity contribution in [3.05, 3.63) is 22.4 Å². The molecule has 1 atom stereocenters. The maximum absolute atomic E-state index is 11.4. The van der Waals surface area contributed by atoms with Gasteiger partial charge in [0.1, 0.15) is 11.9 Å². The highest BCUT2D eigenvalue weighted by molar-refractivity contribution is 5.50. The smallest absolute Gasteiger partial charge is 0.274 e. The van der Waals surface area contributed by atoms with Gasteiger partial charge in [-0.2, -0.15) is 0 Å². The Morgan fingerprint density at radius 3 is 3.31 bits per heavy atom. The SMILES string of the molecule is CN1c2c(nc[nH]c2=O)CCC1O. The molecule has 0 amide bonds. The van der Waals surface area contributed by atoms with Crippen LogP contribution >= 0.6 is 0 Å². The molecule has 0 bridgehead atoms. The van der Waals surface area contributed by atoms with Gasteiger partial charge in [-0.25, -0.2) is 4.98 Å². The largest absolute Gasteiger partial charge is 0.374 e. The molecule has 5 nitrogen and oxygen atoms in total. The number of aromatic nitrogens is 2. The normalized spacial score (nSPS) is 21.4. The van der Waals surface area contributed by atoms with Gasteiger partial charge in [-0.05, 0) is 12.8 Å². The molecule has 70 valence electrons. The number of H-pyrrole nitrogens is 1. The Bertz CT molecular complexity index is 374. The zero-order valence-corrected chi connectivity index (χ0v) is 7.32. The van der Waals surface area contributed by atoms with Crippen molar-refractivity contribution in [3.8, 4) is 0 Å². The van der Waals surface area contributed by atoms with E-state index in [-0.39, 0.29) is 5.56 Å². The number of hydrogen-bond donors (Lipinski definition) is 2. The minimum atomic E-state index is -0.571. The van der Waals surface area contributed by atoms with Crippen molar-refractivity contribution >= 4 is 5.69 Å². The lowest BCUT2D eigenvalue weighted by atomic mass is 10.1. The summed E-state index contributed by atoms with van der Waals surface area (Å²) in [5.41, 5.74) is 1.06. The lowest BCUT2D eigenvalue weighted by Gasteiger charge is -2.30. The highest BCUT2D eigenvalue weighted by atomic mass is 16.3. The zero-order chi connectivity index (χ0) is 9.42. The van der Waals surface area contributed by atoms with Crippen LogP contribution in [0.15, 0.2) is 11.1 Å². The van der Waals surface area contributed by atoms with E-state index in [1.807, 2.05) is 0 Å². The number of aliphatic hydroxyl groups is 1. The summed E-state index contributed by atoms with van der Waals surface area (Å²) in [7, 11) is 1.69. The molecule has 0 radical (unpaired) electrons. The molecule has 0 saturated heterocycles. The van der Waals surface area contributed by atoms with E-state index in [9.17, 15) is 9.90 Å². The molecule has 1 aliphatic heterocycles. The van der Waals surface area contributed by atoms with Gasteiger partial charge < -0.3 is 15.0 Å². The number of aromatic amines is 1. The Balaban J connectivity index is 2.57. The van der Waals surface area contributed by atoms with Crippen LogP contribution in [0, 0.1) is 0 Å². The van der Waals surface area contributed by atoms with Gasteiger partial charge in [-0.15, -0.1) is 0 Å². The van der Waals surface area contributed by atoms with Crippen LogP contribution in [0.2, 0.25) is 0 Å². The highest BCUT2D eigenvalue weighted by Gasteiger charge is 2.24. The number of rotatable bonds is 0. The summed E-state index contributed by atoms with van der Waals surface area (Å²) >= 11 is 0. The van der Waals surface area contributed by atoms with Crippen molar-refractivity contribution in [3.63, 3.8) is 0 Å². The number of aliphatic hydroxyl groups excluding tert-OH is 1. The molecule has 1 aliphatic rings. The van der Waals surface area contributed by atoms with Crippen molar-refractivity contribution in [2.75, 3.05) is 11.9 Å². The number of anilines is 1. The number of hydrogen-bond acceptors (Lipinski definition) is 4. The predicted molar refractivity (Wildman–Crippen MR) is 47.6 cm³/mol. The zero-order valence-electron chi connectivity index (χ0n) is 7.32. The van der Waals surface area contributed by atoms with Crippen LogP contribution in [0.4, 0.5) is 5.69 Å². The molecule has 1 aromatic rings. The standard InChI is InChI=1S/C8H11N3O2/c1-11-6(12)3-2-5-7(11)8(13)10-4-9-5/h4,6,12H,2-3H2,1H3,(H,9,10,13). The summed E-state index contributed by atoms with van der Waals surface area (Å²) in [4.78, 5) is 19.5. The Kier molecular flexibility index (Phi) is 1.81. The molecule has 1 unspecified atom stereocenters. The van der Waals surface area contributed by atoms with Gasteiger partial charge in [0.2, 0.25) is 0 Å². The fraction of sp³-hybridized carbons (Fsp3) is 0.500. The van der Waals surface area contributed by atoms with Crippen LogP contribution in [-0.2, 0) is 6.42 Å². The molecular formula is C8H11N3O2. The van der Waals surface area contributed by atoms with Gasteiger partial charge >= 0.3 is 0 Å². The third-order valence-corrected chi connectivity index (χ3v) is 2.34. The monoisotopic (exact) mass is 181 g/mol. The van der Waals surface area contributed by atoms with E-state index in [1.54, 1.807) is 11.9 Å². The van der Waals surface area contributed by atoms with Gasteiger partial charge in [0.05, 0.1) is 12.0 Å². The minimum Gasteiger partial charge on any atom is -0.374 e. The summed E-state index contributed by atoms with van der Waals surface area (Å²) in [5.74, 6) is 0. The third-order valence-electron chi connectivity index (χ3n) is 2.34. The molecule has 2 heterocycles. The van der Waals surface area contributed by atoms with E-state index >= 15 is 0 Å². The summed E-state index contributed by atoms with van der Waals surface area (Å²) in [6.07, 6.45) is 2.11. The topological polar surface area (TPSA) is 69.2 Å². The summed E-state index contributed by atoms with van der Waals surface area (Å²) < 4.78 is 0. The van der Waals surface area contributed by atoms with Gasteiger partial charge in [0.15, 0.2) is 0 Å². The second kappa shape index (κ2) is 2.85. The lowest BCUT2D eigenvalue weighted by molar-refractivity contribution is 0.158. The molecule has 0 spiro atoms. The van der Waals surface area contributed by atoms with Gasteiger partial charge in [-0.3, -0.25) is 4.79 Å². The van der Waals surface area contributed by atoms with Gasteiger partial charge in [-0.1, -0.05) is 0 Å².